The third-order valence-corrected chi connectivity index (χ3v) is 5.43. The van der Waals surface area contributed by atoms with Gasteiger partial charge in [0, 0.05) is 0 Å². The van der Waals surface area contributed by atoms with Gasteiger partial charge in [0.1, 0.15) is 6.54 Å². The highest BCUT2D eigenvalue weighted by Gasteiger charge is 2.20. The van der Waals surface area contributed by atoms with Gasteiger partial charge in [-0.1, -0.05) is 58.0 Å². The second kappa shape index (κ2) is 8.56. The minimum atomic E-state index is -0.638. The molecule has 6 nitrogen and oxygen atoms in total. The molecule has 0 saturated heterocycles. The zero-order valence-electron chi connectivity index (χ0n) is 16.5. The third kappa shape index (κ3) is 4.59. The third-order valence-electron chi connectivity index (χ3n) is 4.58. The molecule has 3 rings (SSSR count). The first-order valence-corrected chi connectivity index (χ1v) is 10.2. The monoisotopic (exact) mass is 399 g/mol. The Kier molecular flexibility index (Phi) is 6.14. The first-order valence-electron chi connectivity index (χ1n) is 9.36. The summed E-state index contributed by atoms with van der Waals surface area (Å²) in [6, 6.07) is 11.8. The van der Waals surface area contributed by atoms with Crippen LogP contribution in [0.3, 0.4) is 0 Å². The lowest BCUT2D eigenvalue weighted by Gasteiger charge is -2.23. The Morgan fingerprint density at radius 1 is 1.14 bits per heavy atom. The highest BCUT2D eigenvalue weighted by molar-refractivity contribution is 7.13. The fraction of sp³-hybridized carbons (Fsp3) is 0.381. The van der Waals surface area contributed by atoms with E-state index in [2.05, 4.69) is 62.4 Å². The molecule has 3 aromatic rings. The molecule has 1 amide bonds. The molecule has 0 saturated carbocycles. The van der Waals surface area contributed by atoms with Crippen LogP contribution in [0.15, 0.2) is 51.0 Å². The van der Waals surface area contributed by atoms with Crippen molar-refractivity contribution in [1.82, 2.24) is 15.1 Å². The Bertz CT molecular complexity index is 969. The summed E-state index contributed by atoms with van der Waals surface area (Å²) >= 11 is 1.42. The molecule has 0 fully saturated rings. The number of hydrogen-bond donors (Lipinski definition) is 1. The highest BCUT2D eigenvalue weighted by Crippen LogP contribution is 2.24. The van der Waals surface area contributed by atoms with Crippen LogP contribution in [0.4, 0.5) is 0 Å². The van der Waals surface area contributed by atoms with Gasteiger partial charge in [-0.25, -0.2) is 4.79 Å². The SMILES string of the molecule is CC(C)c1ccc(C(NC(=O)Cn2nc(-c3cccs3)oc2=O)C(C)C)cc1. The zero-order valence-corrected chi connectivity index (χ0v) is 17.3. The average Bonchev–Trinajstić information content (AvgIpc) is 3.30. The molecule has 1 atom stereocenters. The maximum absolute atomic E-state index is 12.6. The Morgan fingerprint density at radius 2 is 1.82 bits per heavy atom. The van der Waals surface area contributed by atoms with Crippen LogP contribution in [0.2, 0.25) is 0 Å². The number of hydrogen-bond acceptors (Lipinski definition) is 5. The van der Waals surface area contributed by atoms with Crippen molar-refractivity contribution in [3.8, 4) is 10.8 Å². The molecule has 0 aliphatic heterocycles. The molecule has 0 radical (unpaired) electrons. The summed E-state index contributed by atoms with van der Waals surface area (Å²) in [7, 11) is 0. The van der Waals surface area contributed by atoms with E-state index in [0.717, 1.165) is 15.1 Å². The normalized spacial score (nSPS) is 12.5. The van der Waals surface area contributed by atoms with Crippen LogP contribution in [0.1, 0.15) is 50.8 Å². The summed E-state index contributed by atoms with van der Waals surface area (Å²) in [6.45, 7) is 8.23. The Hall–Kier alpha value is -2.67. The van der Waals surface area contributed by atoms with Crippen molar-refractivity contribution in [1.29, 1.82) is 0 Å². The van der Waals surface area contributed by atoms with Gasteiger partial charge in [-0.05, 0) is 34.4 Å². The van der Waals surface area contributed by atoms with E-state index in [4.69, 9.17) is 4.42 Å². The number of aromatic nitrogens is 2. The number of rotatable bonds is 7. The zero-order chi connectivity index (χ0) is 20.3. The molecule has 2 heterocycles. The number of thiophene rings is 1. The molecule has 2 aromatic heterocycles. The number of nitrogens with zero attached hydrogens (tertiary/aromatic N) is 2. The fourth-order valence-corrected chi connectivity index (χ4v) is 3.63. The van der Waals surface area contributed by atoms with Gasteiger partial charge in [0.15, 0.2) is 0 Å². The van der Waals surface area contributed by atoms with Crippen LogP contribution in [-0.2, 0) is 11.3 Å². The van der Waals surface area contributed by atoms with E-state index in [0.29, 0.717) is 5.92 Å². The topological polar surface area (TPSA) is 77.1 Å². The Morgan fingerprint density at radius 3 is 2.39 bits per heavy atom. The Balaban J connectivity index is 1.72. The van der Waals surface area contributed by atoms with Crippen molar-refractivity contribution in [3.63, 3.8) is 0 Å². The maximum Gasteiger partial charge on any atom is 0.437 e. The minimum Gasteiger partial charge on any atom is -0.387 e. The lowest BCUT2D eigenvalue weighted by atomic mass is 9.93. The number of carbonyl (C=O) groups is 1. The van der Waals surface area contributed by atoms with Gasteiger partial charge in [0.25, 0.3) is 5.89 Å². The number of amides is 1. The average molecular weight is 400 g/mol. The van der Waals surface area contributed by atoms with Gasteiger partial charge in [-0.3, -0.25) is 4.79 Å². The van der Waals surface area contributed by atoms with Crippen LogP contribution in [-0.4, -0.2) is 15.7 Å². The van der Waals surface area contributed by atoms with E-state index in [1.165, 1.54) is 16.9 Å². The molecule has 1 aromatic carbocycles. The second-order valence-electron chi connectivity index (χ2n) is 7.42. The van der Waals surface area contributed by atoms with Crippen molar-refractivity contribution >= 4 is 17.2 Å². The van der Waals surface area contributed by atoms with Crippen LogP contribution >= 0.6 is 11.3 Å². The van der Waals surface area contributed by atoms with Crippen molar-refractivity contribution in [3.05, 3.63) is 63.5 Å². The van der Waals surface area contributed by atoms with E-state index < -0.39 is 5.76 Å². The predicted octanol–water partition coefficient (Wildman–Crippen LogP) is 4.20. The number of nitrogens with one attached hydrogen (secondary N) is 1. The van der Waals surface area contributed by atoms with Crippen LogP contribution < -0.4 is 11.1 Å². The largest absolute Gasteiger partial charge is 0.437 e. The smallest absolute Gasteiger partial charge is 0.387 e. The molecule has 7 heteroatoms. The molecule has 0 aliphatic carbocycles. The number of benzene rings is 1. The summed E-state index contributed by atoms with van der Waals surface area (Å²) in [5, 5.41) is 9.03. The molecular formula is C21H25N3O3S. The minimum absolute atomic E-state index is 0.145. The first-order chi connectivity index (χ1) is 13.3. The first kappa shape index (κ1) is 20.1. The van der Waals surface area contributed by atoms with Crippen LogP contribution in [0.25, 0.3) is 10.8 Å². The van der Waals surface area contributed by atoms with Gasteiger partial charge >= 0.3 is 5.76 Å². The van der Waals surface area contributed by atoms with Crippen molar-refractivity contribution in [2.45, 2.75) is 46.2 Å². The summed E-state index contributed by atoms with van der Waals surface area (Å²) in [5.74, 6) is -0.0273. The summed E-state index contributed by atoms with van der Waals surface area (Å²) in [5.41, 5.74) is 2.30. The standard InChI is InChI=1S/C21H25N3O3S/c1-13(2)15-7-9-16(10-8-15)19(14(3)4)22-18(25)12-24-21(26)27-20(23-24)17-6-5-11-28-17/h5-11,13-14,19H,12H2,1-4H3,(H,22,25). The van der Waals surface area contributed by atoms with E-state index in [-0.39, 0.29) is 30.3 Å². The van der Waals surface area contributed by atoms with E-state index in [1.54, 1.807) is 0 Å². The highest BCUT2D eigenvalue weighted by atomic mass is 32.1. The van der Waals surface area contributed by atoms with Crippen molar-refractivity contribution < 1.29 is 9.21 Å². The van der Waals surface area contributed by atoms with Crippen LogP contribution in [0, 0.1) is 5.92 Å². The molecule has 148 valence electrons. The molecule has 0 spiro atoms. The maximum atomic E-state index is 12.6. The summed E-state index contributed by atoms with van der Waals surface area (Å²) in [6.07, 6.45) is 0. The van der Waals surface area contributed by atoms with Gasteiger partial charge < -0.3 is 9.73 Å². The van der Waals surface area contributed by atoms with E-state index >= 15 is 0 Å². The fourth-order valence-electron chi connectivity index (χ4n) is 2.98. The lowest BCUT2D eigenvalue weighted by Crippen LogP contribution is -2.36. The van der Waals surface area contributed by atoms with E-state index in [1.807, 2.05) is 17.5 Å². The van der Waals surface area contributed by atoms with Gasteiger partial charge in [0.05, 0.1) is 10.9 Å². The van der Waals surface area contributed by atoms with Crippen LogP contribution in [0.5, 0.6) is 0 Å². The molecule has 1 N–H and O–H groups in total. The molecular weight excluding hydrogens is 374 g/mol. The molecule has 28 heavy (non-hydrogen) atoms. The van der Waals surface area contributed by atoms with E-state index in [9.17, 15) is 9.59 Å². The second-order valence-corrected chi connectivity index (χ2v) is 8.37. The summed E-state index contributed by atoms with van der Waals surface area (Å²) in [4.78, 5) is 25.3. The van der Waals surface area contributed by atoms with Gasteiger partial charge in [-0.2, -0.15) is 4.68 Å². The molecule has 0 bridgehead atoms. The van der Waals surface area contributed by atoms with Gasteiger partial charge in [0.2, 0.25) is 5.91 Å². The molecule has 0 aliphatic rings. The van der Waals surface area contributed by atoms with Crippen molar-refractivity contribution in [2.75, 3.05) is 0 Å². The lowest BCUT2D eigenvalue weighted by molar-refractivity contribution is -0.123. The number of carbonyl (C=O) groups excluding carboxylic acids is 1. The van der Waals surface area contributed by atoms with Crippen molar-refractivity contribution in [2.24, 2.45) is 5.92 Å². The van der Waals surface area contributed by atoms with Gasteiger partial charge in [-0.15, -0.1) is 16.4 Å². The molecule has 1 unspecified atom stereocenters. The Labute approximate surface area is 168 Å². The summed E-state index contributed by atoms with van der Waals surface area (Å²) < 4.78 is 6.22. The quantitative estimate of drug-likeness (QED) is 0.646. The predicted molar refractivity (Wildman–Crippen MR) is 110 cm³/mol.